The van der Waals surface area contributed by atoms with Crippen LogP contribution < -0.4 is 10.9 Å². The molecule has 1 fully saturated rings. The van der Waals surface area contributed by atoms with Gasteiger partial charge in [0.25, 0.3) is 0 Å². The van der Waals surface area contributed by atoms with Crippen LogP contribution in [0.2, 0.25) is 0 Å². The molecule has 1 heterocycles. The third kappa shape index (κ3) is 34.9. The third-order valence-corrected chi connectivity index (χ3v) is 4.02. The van der Waals surface area contributed by atoms with Gasteiger partial charge in [0, 0.05) is 24.0 Å². The average Bonchev–Trinajstić information content (AvgIpc) is 2.93. The Morgan fingerprint density at radius 3 is 1.32 bits per heavy atom. The summed E-state index contributed by atoms with van der Waals surface area (Å²) in [6.07, 6.45) is 2.00. The maximum Gasteiger partial charge on any atom is 2.00 e. The fourth-order valence-corrected chi connectivity index (χ4v) is 2.02. The molecule has 1 saturated heterocycles. The molecule has 0 aromatic heterocycles. The predicted octanol–water partition coefficient (Wildman–Crippen LogP) is 6.81. The molecule has 0 spiro atoms. The Bertz CT molecular complexity index is 669. The number of benzene rings is 2. The van der Waals surface area contributed by atoms with Gasteiger partial charge >= 0.3 is 23.6 Å². The molecule has 1 aliphatic heterocycles. The second-order valence-electron chi connectivity index (χ2n) is 9.49. The number of hydrogen-bond donors (Lipinski definition) is 2. The summed E-state index contributed by atoms with van der Waals surface area (Å²) in [5, 5.41) is 16.9. The van der Waals surface area contributed by atoms with Gasteiger partial charge in [-0.25, -0.2) is 0 Å². The number of hydrogen-bond acceptors (Lipinski definition) is 4. The van der Waals surface area contributed by atoms with Crippen LogP contribution >= 0.6 is 0 Å². The Morgan fingerprint density at radius 1 is 0.800 bits per heavy atom. The molecule has 0 amide bonds. The molecule has 1 aliphatic rings. The van der Waals surface area contributed by atoms with Crippen molar-refractivity contribution in [1.82, 2.24) is 0 Å². The van der Waals surface area contributed by atoms with Crippen molar-refractivity contribution in [2.75, 3.05) is 26.4 Å². The van der Waals surface area contributed by atoms with Crippen LogP contribution in [0, 0.1) is 24.7 Å². The van der Waals surface area contributed by atoms with E-state index in [-0.39, 0.29) is 55.1 Å². The topological polar surface area (TPSA) is 58.9 Å². The number of rotatable bonds is 3. The van der Waals surface area contributed by atoms with Crippen LogP contribution in [0.25, 0.3) is 0 Å². The second-order valence-corrected chi connectivity index (χ2v) is 9.49. The first kappa shape index (κ1) is 51.6. The van der Waals surface area contributed by atoms with Gasteiger partial charge in [-0.15, -0.1) is 0 Å². The van der Waals surface area contributed by atoms with E-state index in [0.29, 0.717) is 0 Å². The molecular formula is C33H63B2NiO4. The van der Waals surface area contributed by atoms with E-state index in [1.807, 2.05) is 102 Å². The van der Waals surface area contributed by atoms with E-state index in [0.717, 1.165) is 37.0 Å². The van der Waals surface area contributed by atoms with Crippen LogP contribution in [-0.2, 0) is 25.8 Å². The molecule has 0 unspecified atom stereocenters. The Morgan fingerprint density at radius 2 is 1.10 bits per heavy atom. The van der Waals surface area contributed by atoms with Gasteiger partial charge in [0.2, 0.25) is 0 Å². The zero-order chi connectivity index (χ0) is 30.5. The normalized spacial score (nSPS) is 12.1. The molecule has 235 valence electrons. The van der Waals surface area contributed by atoms with Crippen molar-refractivity contribution >= 4 is 25.9 Å². The summed E-state index contributed by atoms with van der Waals surface area (Å²) in [6, 6.07) is 19.9. The molecule has 0 bridgehead atoms. The van der Waals surface area contributed by atoms with Gasteiger partial charge < -0.3 is 33.4 Å². The number of aliphatic hydroxyl groups excluding tert-OH is 2. The minimum absolute atomic E-state index is 0. The molecule has 2 N–H and O–H groups in total. The fraction of sp³-hybridized carbons (Fsp3) is 0.576. The first-order valence-corrected chi connectivity index (χ1v) is 14.0. The fourth-order valence-electron chi connectivity index (χ4n) is 2.02. The van der Waals surface area contributed by atoms with Crippen LogP contribution in [0.15, 0.2) is 60.7 Å². The maximum atomic E-state index is 8.43. The zero-order valence-electron chi connectivity index (χ0n) is 26.7. The van der Waals surface area contributed by atoms with Gasteiger partial charge in [-0.05, 0) is 5.46 Å². The van der Waals surface area contributed by atoms with E-state index in [4.69, 9.17) is 19.5 Å². The van der Waals surface area contributed by atoms with Gasteiger partial charge in [-0.2, -0.15) is 12.8 Å². The van der Waals surface area contributed by atoms with Crippen molar-refractivity contribution in [2.45, 2.75) is 89.5 Å². The van der Waals surface area contributed by atoms with Crippen molar-refractivity contribution in [3.8, 4) is 0 Å². The van der Waals surface area contributed by atoms with Crippen molar-refractivity contribution in [2.24, 2.45) is 10.8 Å². The molecule has 2 aromatic rings. The summed E-state index contributed by atoms with van der Waals surface area (Å²) in [4.78, 5) is 0. The van der Waals surface area contributed by atoms with E-state index in [9.17, 15) is 0 Å². The minimum Gasteiger partial charge on any atom is -0.407 e. The Labute approximate surface area is 262 Å². The van der Waals surface area contributed by atoms with E-state index >= 15 is 0 Å². The quantitative estimate of drug-likeness (QED) is 0.299. The van der Waals surface area contributed by atoms with Crippen molar-refractivity contribution in [1.29, 1.82) is 0 Å². The molecule has 1 radical (unpaired) electrons. The zero-order valence-corrected chi connectivity index (χ0v) is 27.7. The standard InChI is InChI=1S/C11H15BO2.C6H6B.C5H12O2.2C3H7.2C2H6.CH4.Ni/c1-11(2)8-13-12(14-9-11)10-6-4-3-5-7-10;7-6-4-2-1-3-5-6;1-5(2,3-6)4-7;2*1-3-2;2*1-2;;/h3-7H,8-9H2,1-2H3;1-5,7H;6-7H,3-4H2,1-2H3;2*1,3H2,2H3;2*1-2H3;1H4;/q;;;2*-1;;;;+2. The van der Waals surface area contributed by atoms with Gasteiger partial charge in [0.15, 0.2) is 0 Å². The van der Waals surface area contributed by atoms with Crippen LogP contribution in [-0.4, -0.2) is 51.6 Å². The Balaban J connectivity index is -0.0000000962. The number of aliphatic hydroxyl groups is 2. The molecule has 7 heteroatoms. The first-order chi connectivity index (χ1) is 18.0. The van der Waals surface area contributed by atoms with E-state index in [1.54, 1.807) is 13.8 Å². The van der Waals surface area contributed by atoms with Crippen molar-refractivity contribution in [3.63, 3.8) is 0 Å². The molecule has 0 atom stereocenters. The molecule has 3 rings (SSSR count). The SMILES string of the molecule is C.CC.CC.CC(C)(CO)CO.CC1(C)COB(c2ccccc2)OC1.[BH]c1ccccc1.[CH2-]CC.[CH2-]CC.[Ni+2]. The summed E-state index contributed by atoms with van der Waals surface area (Å²) >= 11 is 0. The molecule has 4 nitrogen and oxygen atoms in total. The monoisotopic (exact) mass is 603 g/mol. The smallest absolute Gasteiger partial charge is 0.407 e. The predicted molar refractivity (Wildman–Crippen MR) is 179 cm³/mol. The minimum atomic E-state index is -0.306. The van der Waals surface area contributed by atoms with Gasteiger partial charge in [0.1, 0.15) is 7.85 Å². The van der Waals surface area contributed by atoms with Crippen LogP contribution in [0.4, 0.5) is 0 Å². The van der Waals surface area contributed by atoms with Crippen LogP contribution in [0.5, 0.6) is 0 Å². The summed E-state index contributed by atoms with van der Waals surface area (Å²) in [6.45, 7) is 28.5. The van der Waals surface area contributed by atoms with E-state index in [2.05, 4.69) is 35.5 Å². The van der Waals surface area contributed by atoms with Gasteiger partial charge in [-0.1, -0.05) is 143 Å². The molecule has 0 aliphatic carbocycles. The van der Waals surface area contributed by atoms with E-state index < -0.39 is 0 Å². The average molecular weight is 604 g/mol. The molecule has 0 saturated carbocycles. The first-order valence-electron chi connectivity index (χ1n) is 14.0. The summed E-state index contributed by atoms with van der Waals surface area (Å²) in [7, 11) is 3.54. The Hall–Kier alpha value is -1.10. The Kier molecular flexibility index (Phi) is 46.4. The van der Waals surface area contributed by atoms with E-state index in [1.165, 1.54) is 0 Å². The van der Waals surface area contributed by atoms with Crippen LogP contribution in [0.1, 0.15) is 89.5 Å². The molecular weight excluding hydrogens is 541 g/mol. The third-order valence-electron chi connectivity index (χ3n) is 4.02. The largest absolute Gasteiger partial charge is 2.00 e. The van der Waals surface area contributed by atoms with Gasteiger partial charge in [0.05, 0.1) is 13.2 Å². The second kappa shape index (κ2) is 35.9. The van der Waals surface area contributed by atoms with Gasteiger partial charge in [-0.3, -0.25) is 0 Å². The molecule has 40 heavy (non-hydrogen) atoms. The maximum absolute atomic E-state index is 8.43. The van der Waals surface area contributed by atoms with Crippen molar-refractivity contribution in [3.05, 3.63) is 74.5 Å². The van der Waals surface area contributed by atoms with Crippen LogP contribution in [0.3, 0.4) is 0 Å². The summed E-state index contributed by atoms with van der Waals surface area (Å²) in [5.74, 6) is 0. The van der Waals surface area contributed by atoms with Crippen molar-refractivity contribution < 1.29 is 36.0 Å². The summed E-state index contributed by atoms with van der Waals surface area (Å²) < 4.78 is 11.3. The summed E-state index contributed by atoms with van der Waals surface area (Å²) in [5.41, 5.74) is 2.01. The molecule has 2 aromatic carbocycles.